The fourth-order valence-corrected chi connectivity index (χ4v) is 1.78. The van der Waals surface area contributed by atoms with Crippen LogP contribution in [0.1, 0.15) is 11.6 Å². The second-order valence-corrected chi connectivity index (χ2v) is 5.03. The van der Waals surface area contributed by atoms with E-state index in [-0.39, 0.29) is 11.3 Å². The van der Waals surface area contributed by atoms with Gasteiger partial charge in [0, 0.05) is 5.56 Å². The van der Waals surface area contributed by atoms with Crippen molar-refractivity contribution in [2.24, 2.45) is 5.73 Å². The number of hydrogen-bond acceptors (Lipinski definition) is 4. The molecule has 1 unspecified atom stereocenters. The highest BCUT2D eigenvalue weighted by molar-refractivity contribution is 7.92. The summed E-state index contributed by atoms with van der Waals surface area (Å²) in [6, 6.07) is 4.84. The SMILES string of the molecule is CS(=O)(=O)Nc1ccccc1C(N)C(=O)O. The molecule has 1 aromatic rings. The van der Waals surface area contributed by atoms with Crippen molar-refractivity contribution in [1.29, 1.82) is 0 Å². The van der Waals surface area contributed by atoms with Crippen LogP contribution in [-0.4, -0.2) is 25.7 Å². The first-order valence-electron chi connectivity index (χ1n) is 4.36. The van der Waals surface area contributed by atoms with Crippen LogP contribution in [-0.2, 0) is 14.8 Å². The summed E-state index contributed by atoms with van der Waals surface area (Å²) in [5.41, 5.74) is 5.83. The third-order valence-electron chi connectivity index (χ3n) is 1.86. The Balaban J connectivity index is 3.15. The molecule has 0 amide bonds. The van der Waals surface area contributed by atoms with Crippen LogP contribution in [0.25, 0.3) is 0 Å². The largest absolute Gasteiger partial charge is 0.480 e. The molecule has 0 fully saturated rings. The first-order chi connectivity index (χ1) is 7.31. The van der Waals surface area contributed by atoms with Crippen molar-refractivity contribution < 1.29 is 18.3 Å². The van der Waals surface area contributed by atoms with Crippen molar-refractivity contribution >= 4 is 21.7 Å². The minimum absolute atomic E-state index is 0.180. The standard InChI is InChI=1S/C9H12N2O4S/c1-16(14,15)11-7-5-3-2-4-6(7)8(10)9(12)13/h2-5,8,11H,10H2,1H3,(H,12,13). The Bertz CT molecular complexity index is 498. The number of carbonyl (C=O) groups is 1. The third-order valence-corrected chi connectivity index (χ3v) is 2.45. The van der Waals surface area contributed by atoms with Crippen LogP contribution in [0.15, 0.2) is 24.3 Å². The van der Waals surface area contributed by atoms with E-state index < -0.39 is 22.0 Å². The van der Waals surface area contributed by atoms with E-state index in [0.717, 1.165) is 6.26 Å². The Morgan fingerprint density at radius 3 is 2.50 bits per heavy atom. The molecule has 0 saturated carbocycles. The molecule has 0 radical (unpaired) electrons. The average Bonchev–Trinajstić information content (AvgIpc) is 2.15. The van der Waals surface area contributed by atoms with E-state index in [2.05, 4.69) is 4.72 Å². The van der Waals surface area contributed by atoms with Gasteiger partial charge in [0.25, 0.3) is 0 Å². The zero-order valence-corrected chi connectivity index (χ0v) is 9.36. The van der Waals surface area contributed by atoms with Gasteiger partial charge in [0.1, 0.15) is 6.04 Å². The molecule has 0 heterocycles. The summed E-state index contributed by atoms with van der Waals surface area (Å²) in [7, 11) is -3.46. The van der Waals surface area contributed by atoms with Gasteiger partial charge in [-0.25, -0.2) is 8.42 Å². The van der Waals surface area contributed by atoms with E-state index in [4.69, 9.17) is 10.8 Å². The summed E-state index contributed by atoms with van der Waals surface area (Å²) in [6.45, 7) is 0. The Morgan fingerprint density at radius 1 is 1.44 bits per heavy atom. The smallest absolute Gasteiger partial charge is 0.325 e. The van der Waals surface area contributed by atoms with Gasteiger partial charge < -0.3 is 10.8 Å². The van der Waals surface area contributed by atoms with Crippen molar-refractivity contribution in [1.82, 2.24) is 0 Å². The monoisotopic (exact) mass is 244 g/mol. The number of anilines is 1. The van der Waals surface area contributed by atoms with Crippen LogP contribution in [0.3, 0.4) is 0 Å². The number of nitrogens with two attached hydrogens (primary N) is 1. The van der Waals surface area contributed by atoms with E-state index in [1.54, 1.807) is 12.1 Å². The van der Waals surface area contributed by atoms with Gasteiger partial charge in [-0.05, 0) is 6.07 Å². The number of aliphatic carboxylic acids is 1. The predicted molar refractivity (Wildman–Crippen MR) is 59.5 cm³/mol. The molecular formula is C9H12N2O4S. The summed E-state index contributed by atoms with van der Waals surface area (Å²) in [4.78, 5) is 10.7. The summed E-state index contributed by atoms with van der Waals surface area (Å²) in [5, 5.41) is 8.76. The topological polar surface area (TPSA) is 109 Å². The highest BCUT2D eigenvalue weighted by Crippen LogP contribution is 2.22. The first kappa shape index (κ1) is 12.5. The van der Waals surface area contributed by atoms with Crippen molar-refractivity contribution in [2.75, 3.05) is 11.0 Å². The number of para-hydroxylation sites is 1. The minimum Gasteiger partial charge on any atom is -0.480 e. The molecule has 0 aromatic heterocycles. The van der Waals surface area contributed by atoms with Crippen LogP contribution in [0, 0.1) is 0 Å². The fourth-order valence-electron chi connectivity index (χ4n) is 1.19. The Labute approximate surface area is 93.1 Å². The van der Waals surface area contributed by atoms with Crippen molar-refractivity contribution in [3.05, 3.63) is 29.8 Å². The summed E-state index contributed by atoms with van der Waals surface area (Å²) >= 11 is 0. The number of nitrogens with one attached hydrogen (secondary N) is 1. The van der Waals surface area contributed by atoms with E-state index in [1.165, 1.54) is 12.1 Å². The van der Waals surface area contributed by atoms with Gasteiger partial charge in [-0.2, -0.15) is 0 Å². The van der Waals surface area contributed by atoms with Crippen LogP contribution in [0.4, 0.5) is 5.69 Å². The molecular weight excluding hydrogens is 232 g/mol. The van der Waals surface area contributed by atoms with Crippen LogP contribution < -0.4 is 10.5 Å². The number of carboxylic acids is 1. The van der Waals surface area contributed by atoms with E-state index in [1.807, 2.05) is 0 Å². The summed E-state index contributed by atoms with van der Waals surface area (Å²) in [5.74, 6) is -1.22. The molecule has 16 heavy (non-hydrogen) atoms. The van der Waals surface area contributed by atoms with Crippen LogP contribution in [0.5, 0.6) is 0 Å². The van der Waals surface area contributed by atoms with Gasteiger partial charge in [-0.15, -0.1) is 0 Å². The normalized spacial score (nSPS) is 13.1. The molecule has 1 atom stereocenters. The lowest BCUT2D eigenvalue weighted by Crippen LogP contribution is -2.23. The van der Waals surface area contributed by atoms with Gasteiger partial charge >= 0.3 is 5.97 Å². The summed E-state index contributed by atoms with van der Waals surface area (Å²) < 4.78 is 24.3. The third kappa shape index (κ3) is 3.21. The van der Waals surface area contributed by atoms with Crippen LogP contribution in [0.2, 0.25) is 0 Å². The quantitative estimate of drug-likeness (QED) is 0.698. The molecule has 1 aromatic carbocycles. The van der Waals surface area contributed by atoms with Crippen molar-refractivity contribution in [3.63, 3.8) is 0 Å². The van der Waals surface area contributed by atoms with Gasteiger partial charge in [0.15, 0.2) is 0 Å². The predicted octanol–water partition coefficient (Wildman–Crippen LogP) is 0.143. The number of hydrogen-bond donors (Lipinski definition) is 3. The second kappa shape index (κ2) is 4.50. The number of benzene rings is 1. The fraction of sp³-hybridized carbons (Fsp3) is 0.222. The Kier molecular flexibility index (Phi) is 3.51. The molecule has 0 aliphatic carbocycles. The molecule has 7 heteroatoms. The Hall–Kier alpha value is -1.60. The average molecular weight is 244 g/mol. The lowest BCUT2D eigenvalue weighted by molar-refractivity contribution is -0.138. The van der Waals surface area contributed by atoms with E-state index >= 15 is 0 Å². The molecule has 0 aliphatic heterocycles. The minimum atomic E-state index is -3.46. The molecule has 4 N–H and O–H groups in total. The van der Waals surface area contributed by atoms with Gasteiger partial charge in [-0.3, -0.25) is 9.52 Å². The molecule has 0 saturated heterocycles. The first-order valence-corrected chi connectivity index (χ1v) is 6.25. The van der Waals surface area contributed by atoms with Crippen molar-refractivity contribution in [2.45, 2.75) is 6.04 Å². The van der Waals surface area contributed by atoms with Crippen molar-refractivity contribution in [3.8, 4) is 0 Å². The lowest BCUT2D eigenvalue weighted by atomic mass is 10.1. The molecule has 88 valence electrons. The number of sulfonamides is 1. The molecule has 0 aliphatic rings. The summed E-state index contributed by atoms with van der Waals surface area (Å²) in [6.07, 6.45) is 0.982. The second-order valence-electron chi connectivity index (χ2n) is 3.28. The van der Waals surface area contributed by atoms with Gasteiger partial charge in [0.05, 0.1) is 11.9 Å². The Morgan fingerprint density at radius 2 is 2.00 bits per heavy atom. The maximum atomic E-state index is 11.0. The van der Waals surface area contributed by atoms with E-state index in [9.17, 15) is 13.2 Å². The number of carboxylic acid groups (broad SMARTS) is 1. The van der Waals surface area contributed by atoms with Gasteiger partial charge in [-0.1, -0.05) is 18.2 Å². The number of rotatable bonds is 4. The highest BCUT2D eigenvalue weighted by atomic mass is 32.2. The molecule has 0 bridgehead atoms. The maximum absolute atomic E-state index is 11.0. The molecule has 0 spiro atoms. The van der Waals surface area contributed by atoms with Gasteiger partial charge in [0.2, 0.25) is 10.0 Å². The molecule has 1 rings (SSSR count). The van der Waals surface area contributed by atoms with E-state index in [0.29, 0.717) is 0 Å². The molecule has 6 nitrogen and oxygen atoms in total. The zero-order valence-electron chi connectivity index (χ0n) is 8.54. The zero-order chi connectivity index (χ0) is 12.3. The highest BCUT2D eigenvalue weighted by Gasteiger charge is 2.18. The lowest BCUT2D eigenvalue weighted by Gasteiger charge is -2.13. The maximum Gasteiger partial charge on any atom is 0.325 e. The van der Waals surface area contributed by atoms with Crippen LogP contribution >= 0.6 is 0 Å².